The lowest BCUT2D eigenvalue weighted by molar-refractivity contribution is 0.201. The zero-order valence-corrected chi connectivity index (χ0v) is 8.90. The lowest BCUT2D eigenvalue weighted by atomic mass is 9.80. The van der Waals surface area contributed by atoms with Gasteiger partial charge in [0.15, 0.2) is 11.6 Å². The zero-order chi connectivity index (χ0) is 11.5. The lowest BCUT2D eigenvalue weighted by Gasteiger charge is -2.14. The van der Waals surface area contributed by atoms with Gasteiger partial charge in [0, 0.05) is 0 Å². The highest BCUT2D eigenvalue weighted by Crippen LogP contribution is 2.25. The number of benzene rings is 1. The second-order valence-electron chi connectivity index (χ2n) is 4.09. The number of hydrogen-bond acceptors (Lipinski definition) is 3. The first-order valence-electron chi connectivity index (χ1n) is 5.49. The van der Waals surface area contributed by atoms with Crippen molar-refractivity contribution in [1.29, 1.82) is 0 Å². The quantitative estimate of drug-likeness (QED) is 0.747. The van der Waals surface area contributed by atoms with Crippen LogP contribution in [0, 0.1) is 5.82 Å². The van der Waals surface area contributed by atoms with Crippen LogP contribution in [0.1, 0.15) is 25.7 Å². The molecule has 3 nitrogen and oxygen atoms in total. The van der Waals surface area contributed by atoms with Crippen molar-refractivity contribution in [3.63, 3.8) is 0 Å². The van der Waals surface area contributed by atoms with E-state index in [0.29, 0.717) is 0 Å². The van der Waals surface area contributed by atoms with Crippen molar-refractivity contribution in [2.24, 2.45) is 0 Å². The van der Waals surface area contributed by atoms with Gasteiger partial charge in [-0.2, -0.15) is 0 Å². The summed E-state index contributed by atoms with van der Waals surface area (Å²) in [5.74, 6) is -0.353. The molecule has 1 aromatic carbocycles. The monoisotopic (exact) mass is 224 g/mol. The molecule has 0 heterocycles. The molecule has 0 amide bonds. The topological polar surface area (TPSA) is 49.7 Å². The van der Waals surface area contributed by atoms with Crippen molar-refractivity contribution >= 4 is 12.6 Å². The van der Waals surface area contributed by atoms with Gasteiger partial charge in [0.05, 0.1) is 6.10 Å². The maximum atomic E-state index is 13.4. The Balaban J connectivity index is 2.14. The van der Waals surface area contributed by atoms with E-state index in [1.807, 2.05) is 0 Å². The SMILES string of the molecule is OB(O)c1ccc(F)c(OC2CCCC2)c1. The molecule has 0 atom stereocenters. The lowest BCUT2D eigenvalue weighted by Crippen LogP contribution is -2.30. The molecule has 0 radical (unpaired) electrons. The highest BCUT2D eigenvalue weighted by atomic mass is 19.1. The van der Waals surface area contributed by atoms with E-state index in [-0.39, 0.29) is 17.3 Å². The standard InChI is InChI=1S/C11H14BFO3/c13-10-6-5-8(12(14)15)7-11(10)16-9-3-1-2-4-9/h5-7,9,14-15H,1-4H2. The average molecular weight is 224 g/mol. The molecule has 2 N–H and O–H groups in total. The smallest absolute Gasteiger partial charge is 0.487 e. The average Bonchev–Trinajstić information content (AvgIpc) is 2.73. The second kappa shape index (κ2) is 4.85. The first-order valence-corrected chi connectivity index (χ1v) is 5.49. The number of hydrogen-bond donors (Lipinski definition) is 2. The third kappa shape index (κ3) is 2.54. The number of ether oxygens (including phenoxy) is 1. The normalized spacial score (nSPS) is 16.4. The van der Waals surface area contributed by atoms with E-state index >= 15 is 0 Å². The molecule has 1 saturated carbocycles. The summed E-state index contributed by atoms with van der Waals surface area (Å²) in [5, 5.41) is 18.0. The minimum atomic E-state index is -1.59. The van der Waals surface area contributed by atoms with Crippen molar-refractivity contribution < 1.29 is 19.2 Å². The van der Waals surface area contributed by atoms with Gasteiger partial charge in [0.25, 0.3) is 0 Å². The van der Waals surface area contributed by atoms with E-state index in [1.165, 1.54) is 18.2 Å². The van der Waals surface area contributed by atoms with Crippen LogP contribution in [0.4, 0.5) is 4.39 Å². The van der Waals surface area contributed by atoms with Crippen molar-refractivity contribution in [3.05, 3.63) is 24.0 Å². The van der Waals surface area contributed by atoms with Crippen LogP contribution in [-0.4, -0.2) is 23.3 Å². The van der Waals surface area contributed by atoms with Gasteiger partial charge >= 0.3 is 7.12 Å². The van der Waals surface area contributed by atoms with Gasteiger partial charge in [-0.1, -0.05) is 6.07 Å². The Morgan fingerprint density at radius 1 is 1.25 bits per heavy atom. The van der Waals surface area contributed by atoms with Gasteiger partial charge in [0.1, 0.15) is 0 Å². The summed E-state index contributed by atoms with van der Waals surface area (Å²) in [6.45, 7) is 0. The predicted octanol–water partition coefficient (Wildman–Crippen LogP) is 0.827. The summed E-state index contributed by atoms with van der Waals surface area (Å²) in [7, 11) is -1.59. The van der Waals surface area contributed by atoms with Crippen LogP contribution < -0.4 is 10.2 Å². The Hall–Kier alpha value is -1.07. The Kier molecular flexibility index (Phi) is 3.46. The van der Waals surface area contributed by atoms with Gasteiger partial charge in [-0.05, 0) is 43.3 Å². The van der Waals surface area contributed by atoms with E-state index in [9.17, 15) is 4.39 Å². The Morgan fingerprint density at radius 2 is 1.94 bits per heavy atom. The summed E-state index contributed by atoms with van der Waals surface area (Å²) in [5.41, 5.74) is 0.245. The molecule has 0 aromatic heterocycles. The minimum Gasteiger partial charge on any atom is -0.487 e. The Bertz CT molecular complexity index is 364. The second-order valence-corrected chi connectivity index (χ2v) is 4.09. The molecule has 1 aliphatic carbocycles. The predicted molar refractivity (Wildman–Crippen MR) is 59.1 cm³/mol. The minimum absolute atomic E-state index is 0.0561. The van der Waals surface area contributed by atoms with Gasteiger partial charge in [-0.25, -0.2) is 4.39 Å². The van der Waals surface area contributed by atoms with Crippen LogP contribution in [0.2, 0.25) is 0 Å². The summed E-state index contributed by atoms with van der Waals surface area (Å²) in [6.07, 6.45) is 4.14. The largest absolute Gasteiger partial charge is 0.488 e. The van der Waals surface area contributed by atoms with Gasteiger partial charge in [-0.3, -0.25) is 0 Å². The summed E-state index contributed by atoms with van der Waals surface area (Å²) >= 11 is 0. The van der Waals surface area contributed by atoms with Crippen LogP contribution >= 0.6 is 0 Å². The van der Waals surface area contributed by atoms with E-state index in [4.69, 9.17) is 14.8 Å². The highest BCUT2D eigenvalue weighted by molar-refractivity contribution is 6.58. The molecule has 0 spiro atoms. The Morgan fingerprint density at radius 3 is 2.56 bits per heavy atom. The number of halogens is 1. The van der Waals surface area contributed by atoms with Crippen molar-refractivity contribution in [3.8, 4) is 5.75 Å². The van der Waals surface area contributed by atoms with E-state index in [1.54, 1.807) is 0 Å². The molecule has 1 aliphatic rings. The van der Waals surface area contributed by atoms with Gasteiger partial charge in [0.2, 0.25) is 0 Å². The molecule has 86 valence electrons. The van der Waals surface area contributed by atoms with Crippen LogP contribution in [-0.2, 0) is 0 Å². The fourth-order valence-electron chi connectivity index (χ4n) is 1.96. The highest BCUT2D eigenvalue weighted by Gasteiger charge is 2.20. The van der Waals surface area contributed by atoms with E-state index in [2.05, 4.69) is 0 Å². The molecule has 1 fully saturated rings. The molecule has 0 unspecified atom stereocenters. The Labute approximate surface area is 94.0 Å². The fourth-order valence-corrected chi connectivity index (χ4v) is 1.96. The van der Waals surface area contributed by atoms with Crippen molar-refractivity contribution in [2.45, 2.75) is 31.8 Å². The van der Waals surface area contributed by atoms with Crippen LogP contribution in [0.5, 0.6) is 5.75 Å². The zero-order valence-electron chi connectivity index (χ0n) is 8.90. The molecule has 1 aromatic rings. The van der Waals surface area contributed by atoms with Crippen molar-refractivity contribution in [2.75, 3.05) is 0 Å². The molecule has 5 heteroatoms. The van der Waals surface area contributed by atoms with Gasteiger partial charge in [-0.15, -0.1) is 0 Å². The molecule has 0 saturated heterocycles. The maximum absolute atomic E-state index is 13.4. The molecule has 0 aliphatic heterocycles. The van der Waals surface area contributed by atoms with E-state index < -0.39 is 12.9 Å². The molecular formula is C11H14BFO3. The fraction of sp³-hybridized carbons (Fsp3) is 0.455. The molecular weight excluding hydrogens is 210 g/mol. The molecule has 0 bridgehead atoms. The maximum Gasteiger partial charge on any atom is 0.488 e. The first kappa shape index (κ1) is 11.4. The number of rotatable bonds is 3. The van der Waals surface area contributed by atoms with Crippen LogP contribution in [0.15, 0.2) is 18.2 Å². The molecule has 2 rings (SSSR count). The van der Waals surface area contributed by atoms with Crippen molar-refractivity contribution in [1.82, 2.24) is 0 Å². The third-order valence-corrected chi connectivity index (χ3v) is 2.85. The van der Waals surface area contributed by atoms with Crippen LogP contribution in [0.25, 0.3) is 0 Å². The van der Waals surface area contributed by atoms with Gasteiger partial charge < -0.3 is 14.8 Å². The van der Waals surface area contributed by atoms with E-state index in [0.717, 1.165) is 25.7 Å². The molecule has 16 heavy (non-hydrogen) atoms. The van der Waals surface area contributed by atoms with Crippen LogP contribution in [0.3, 0.4) is 0 Å². The third-order valence-electron chi connectivity index (χ3n) is 2.85. The first-order chi connectivity index (χ1) is 7.66. The summed E-state index contributed by atoms with van der Waals surface area (Å²) in [6, 6.07) is 3.87. The summed E-state index contributed by atoms with van der Waals surface area (Å²) < 4.78 is 18.9. The summed E-state index contributed by atoms with van der Waals surface area (Å²) in [4.78, 5) is 0.